The minimum atomic E-state index is -0.364. The molecular formula is C16H14BrN3O2. The van der Waals surface area contributed by atoms with Gasteiger partial charge in [0.25, 0.3) is 0 Å². The van der Waals surface area contributed by atoms with E-state index in [1.807, 2.05) is 18.2 Å². The van der Waals surface area contributed by atoms with Crippen LogP contribution in [0.2, 0.25) is 0 Å². The minimum Gasteiger partial charge on any atom is -0.465 e. The third-order valence-corrected chi connectivity index (χ3v) is 3.91. The zero-order valence-electron chi connectivity index (χ0n) is 12.2. The summed E-state index contributed by atoms with van der Waals surface area (Å²) < 4.78 is 7.45. The molecule has 0 saturated carbocycles. The van der Waals surface area contributed by atoms with E-state index in [0.717, 1.165) is 27.5 Å². The molecule has 0 fully saturated rings. The number of carbonyl (C=O) groups is 1. The van der Waals surface area contributed by atoms with E-state index in [9.17, 15) is 4.79 Å². The summed E-state index contributed by atoms with van der Waals surface area (Å²) >= 11 is 3.37. The van der Waals surface area contributed by atoms with Crippen LogP contribution in [-0.4, -0.2) is 27.8 Å². The van der Waals surface area contributed by atoms with Crippen LogP contribution < -0.4 is 0 Å². The Bertz CT molecular complexity index is 840. The molecule has 0 aliphatic carbocycles. The van der Waals surface area contributed by atoms with Crippen LogP contribution in [-0.2, 0) is 11.2 Å². The van der Waals surface area contributed by atoms with Crippen LogP contribution >= 0.6 is 15.9 Å². The second-order valence-electron chi connectivity index (χ2n) is 4.77. The first kappa shape index (κ1) is 14.7. The molecule has 2 heterocycles. The van der Waals surface area contributed by atoms with Crippen molar-refractivity contribution in [2.75, 3.05) is 7.11 Å². The van der Waals surface area contributed by atoms with Gasteiger partial charge in [-0.2, -0.15) is 5.10 Å². The maximum atomic E-state index is 11.8. The van der Waals surface area contributed by atoms with Gasteiger partial charge < -0.3 is 4.74 Å². The van der Waals surface area contributed by atoms with Gasteiger partial charge in [0.15, 0.2) is 5.82 Å². The van der Waals surface area contributed by atoms with Crippen molar-refractivity contribution in [1.29, 1.82) is 0 Å². The third-order valence-electron chi connectivity index (χ3n) is 3.44. The molecule has 2 aromatic heterocycles. The lowest BCUT2D eigenvalue weighted by Crippen LogP contribution is -2.03. The van der Waals surface area contributed by atoms with Gasteiger partial charge in [-0.15, -0.1) is 0 Å². The molecule has 3 aromatic rings. The van der Waals surface area contributed by atoms with Crippen molar-refractivity contribution < 1.29 is 9.53 Å². The number of methoxy groups -OCH3 is 1. The van der Waals surface area contributed by atoms with Gasteiger partial charge in [0.1, 0.15) is 0 Å². The van der Waals surface area contributed by atoms with Gasteiger partial charge in [-0.25, -0.2) is 14.5 Å². The molecule has 0 spiro atoms. The molecule has 22 heavy (non-hydrogen) atoms. The number of rotatable bonds is 3. The van der Waals surface area contributed by atoms with Gasteiger partial charge in [-0.3, -0.25) is 0 Å². The summed E-state index contributed by atoms with van der Waals surface area (Å²) in [6.07, 6.45) is 2.52. The Labute approximate surface area is 136 Å². The second kappa shape index (κ2) is 5.88. The first-order chi connectivity index (χ1) is 10.6. The van der Waals surface area contributed by atoms with Gasteiger partial charge in [0.05, 0.1) is 23.9 Å². The van der Waals surface area contributed by atoms with E-state index in [4.69, 9.17) is 4.74 Å². The Morgan fingerprint density at radius 3 is 2.77 bits per heavy atom. The average Bonchev–Trinajstić information content (AvgIpc) is 2.92. The molecule has 0 unspecified atom stereocenters. The van der Waals surface area contributed by atoms with E-state index in [1.165, 1.54) is 7.11 Å². The quantitative estimate of drug-likeness (QED) is 0.671. The van der Waals surface area contributed by atoms with Crippen molar-refractivity contribution in [1.82, 2.24) is 14.8 Å². The summed E-state index contributed by atoms with van der Waals surface area (Å²) in [5.41, 5.74) is 2.31. The van der Waals surface area contributed by atoms with Gasteiger partial charge in [0, 0.05) is 16.1 Å². The van der Waals surface area contributed by atoms with E-state index in [0.29, 0.717) is 11.4 Å². The van der Waals surface area contributed by atoms with Crippen molar-refractivity contribution in [2.45, 2.75) is 13.3 Å². The van der Waals surface area contributed by atoms with Gasteiger partial charge in [-0.05, 0) is 46.6 Å². The molecule has 0 aliphatic rings. The Morgan fingerprint density at radius 1 is 1.32 bits per heavy atom. The van der Waals surface area contributed by atoms with Crippen molar-refractivity contribution in [2.24, 2.45) is 0 Å². The summed E-state index contributed by atoms with van der Waals surface area (Å²) in [7, 11) is 1.37. The highest BCUT2D eigenvalue weighted by Gasteiger charge is 2.14. The maximum absolute atomic E-state index is 11.8. The van der Waals surface area contributed by atoms with Crippen LogP contribution in [0.3, 0.4) is 0 Å². The summed E-state index contributed by atoms with van der Waals surface area (Å²) in [5.74, 6) is 0.339. The van der Waals surface area contributed by atoms with Crippen LogP contribution in [0.25, 0.3) is 16.7 Å². The Morgan fingerprint density at radius 2 is 2.14 bits per heavy atom. The number of fused-ring (bicyclic) bond motifs is 1. The number of aryl methyl sites for hydroxylation is 1. The lowest BCUT2D eigenvalue weighted by Gasteiger charge is -2.04. The summed E-state index contributed by atoms with van der Waals surface area (Å²) in [4.78, 5) is 16.1. The Balaban J connectivity index is 2.24. The standard InChI is InChI=1S/C16H14BrN3O2/c1-3-13-12-6-4-10(16(21)22-2)8-14(12)20(19-13)15-7-5-11(17)9-18-15/h4-9H,3H2,1-2H3. The number of hydrogen-bond donors (Lipinski definition) is 0. The van der Waals surface area contributed by atoms with Crippen molar-refractivity contribution >= 4 is 32.8 Å². The number of pyridine rings is 1. The molecule has 0 radical (unpaired) electrons. The number of aromatic nitrogens is 3. The highest BCUT2D eigenvalue weighted by Crippen LogP contribution is 2.24. The monoisotopic (exact) mass is 359 g/mol. The topological polar surface area (TPSA) is 57.0 Å². The molecule has 6 heteroatoms. The molecule has 0 bridgehead atoms. The third kappa shape index (κ3) is 2.50. The number of esters is 1. The fourth-order valence-electron chi connectivity index (χ4n) is 2.35. The van der Waals surface area contributed by atoms with Gasteiger partial charge >= 0.3 is 5.97 Å². The lowest BCUT2D eigenvalue weighted by atomic mass is 10.1. The molecule has 0 atom stereocenters. The van der Waals surface area contributed by atoms with E-state index >= 15 is 0 Å². The van der Waals surface area contributed by atoms with Crippen LogP contribution in [0.5, 0.6) is 0 Å². The van der Waals surface area contributed by atoms with Crippen molar-refractivity contribution in [3.8, 4) is 5.82 Å². The van der Waals surface area contributed by atoms with E-state index < -0.39 is 0 Å². The van der Waals surface area contributed by atoms with Gasteiger partial charge in [-0.1, -0.05) is 13.0 Å². The van der Waals surface area contributed by atoms with Crippen LogP contribution in [0.1, 0.15) is 23.0 Å². The maximum Gasteiger partial charge on any atom is 0.337 e. The predicted octanol–water partition coefficient (Wildman–Crippen LogP) is 3.53. The molecule has 0 N–H and O–H groups in total. The number of halogens is 1. The normalized spacial score (nSPS) is 10.9. The lowest BCUT2D eigenvalue weighted by molar-refractivity contribution is 0.0601. The Hall–Kier alpha value is -2.21. The summed E-state index contributed by atoms with van der Waals surface area (Å²) in [6.45, 7) is 2.05. The SMILES string of the molecule is CCc1nn(-c2ccc(Br)cn2)c2cc(C(=O)OC)ccc12. The number of hydrogen-bond acceptors (Lipinski definition) is 4. The Kier molecular flexibility index (Phi) is 3.94. The highest BCUT2D eigenvalue weighted by atomic mass is 79.9. The largest absolute Gasteiger partial charge is 0.465 e. The molecule has 3 rings (SSSR count). The molecule has 112 valence electrons. The predicted molar refractivity (Wildman–Crippen MR) is 87.3 cm³/mol. The fourth-order valence-corrected chi connectivity index (χ4v) is 2.59. The van der Waals surface area contributed by atoms with Crippen molar-refractivity contribution in [3.05, 3.63) is 52.3 Å². The molecule has 5 nitrogen and oxygen atoms in total. The number of nitrogens with zero attached hydrogens (tertiary/aromatic N) is 3. The van der Waals surface area contributed by atoms with Crippen LogP contribution in [0, 0.1) is 0 Å². The van der Waals surface area contributed by atoms with Gasteiger partial charge in [0.2, 0.25) is 0 Å². The van der Waals surface area contributed by atoms with Crippen LogP contribution in [0.15, 0.2) is 41.0 Å². The zero-order valence-corrected chi connectivity index (χ0v) is 13.8. The molecule has 1 aromatic carbocycles. The van der Waals surface area contributed by atoms with E-state index in [1.54, 1.807) is 23.0 Å². The number of benzene rings is 1. The van der Waals surface area contributed by atoms with E-state index in [2.05, 4.69) is 32.9 Å². The van der Waals surface area contributed by atoms with Crippen molar-refractivity contribution in [3.63, 3.8) is 0 Å². The fraction of sp³-hybridized carbons (Fsp3) is 0.188. The zero-order chi connectivity index (χ0) is 15.7. The average molecular weight is 360 g/mol. The second-order valence-corrected chi connectivity index (χ2v) is 5.69. The molecule has 0 aliphatic heterocycles. The summed E-state index contributed by atoms with van der Waals surface area (Å²) in [5, 5.41) is 5.63. The highest BCUT2D eigenvalue weighted by molar-refractivity contribution is 9.10. The summed E-state index contributed by atoms with van der Waals surface area (Å²) in [6, 6.07) is 9.24. The molecule has 0 saturated heterocycles. The van der Waals surface area contributed by atoms with E-state index in [-0.39, 0.29) is 5.97 Å². The first-order valence-corrected chi connectivity index (χ1v) is 7.65. The molecular weight excluding hydrogens is 346 g/mol. The molecule has 0 amide bonds. The smallest absolute Gasteiger partial charge is 0.337 e. The number of carbonyl (C=O) groups excluding carboxylic acids is 1. The minimum absolute atomic E-state index is 0.364. The number of ether oxygens (including phenoxy) is 1. The van der Waals surface area contributed by atoms with Crippen LogP contribution in [0.4, 0.5) is 0 Å². The first-order valence-electron chi connectivity index (χ1n) is 6.86.